The lowest BCUT2D eigenvalue weighted by Crippen LogP contribution is -2.42. The van der Waals surface area contributed by atoms with Gasteiger partial charge >= 0.3 is 0 Å². The summed E-state index contributed by atoms with van der Waals surface area (Å²) in [7, 11) is 3.93. The zero-order valence-electron chi connectivity index (χ0n) is 13.5. The highest BCUT2D eigenvalue weighted by atomic mass is 35.5. The number of fused-ring (bicyclic) bond motifs is 1. The van der Waals surface area contributed by atoms with Crippen molar-refractivity contribution in [1.82, 2.24) is 14.8 Å². The Bertz CT molecular complexity index is 774. The first-order valence-corrected chi connectivity index (χ1v) is 8.13. The van der Waals surface area contributed by atoms with Crippen LogP contribution >= 0.6 is 11.6 Å². The van der Waals surface area contributed by atoms with Crippen molar-refractivity contribution in [2.45, 2.75) is 18.6 Å². The molecule has 124 valence electrons. The van der Waals surface area contributed by atoms with E-state index in [0.29, 0.717) is 30.0 Å². The van der Waals surface area contributed by atoms with Crippen molar-refractivity contribution in [3.05, 3.63) is 45.2 Å². The molecule has 5 nitrogen and oxygen atoms in total. The number of hydrogen-bond donors (Lipinski definition) is 2. The molecule has 1 aliphatic heterocycles. The molecule has 0 spiro atoms. The molecule has 2 aromatic rings. The van der Waals surface area contributed by atoms with Gasteiger partial charge in [0.15, 0.2) is 5.43 Å². The van der Waals surface area contributed by atoms with Crippen molar-refractivity contribution in [3.63, 3.8) is 0 Å². The molecular formula is C17H22ClN3O2. The van der Waals surface area contributed by atoms with Gasteiger partial charge in [0.2, 0.25) is 0 Å². The summed E-state index contributed by atoms with van der Waals surface area (Å²) < 4.78 is 0. The molecule has 6 heteroatoms. The molecule has 23 heavy (non-hydrogen) atoms. The van der Waals surface area contributed by atoms with E-state index in [2.05, 4.69) is 9.88 Å². The van der Waals surface area contributed by atoms with Crippen molar-refractivity contribution >= 4 is 22.5 Å². The predicted molar refractivity (Wildman–Crippen MR) is 93.0 cm³/mol. The summed E-state index contributed by atoms with van der Waals surface area (Å²) in [6.07, 6.45) is 0.749. The third-order valence-electron chi connectivity index (χ3n) is 4.26. The monoisotopic (exact) mass is 335 g/mol. The number of nitrogens with one attached hydrogen (secondary N) is 1. The quantitative estimate of drug-likeness (QED) is 0.892. The van der Waals surface area contributed by atoms with Gasteiger partial charge in [-0.3, -0.25) is 9.69 Å². The van der Waals surface area contributed by atoms with Crippen LogP contribution in [-0.4, -0.2) is 59.2 Å². The van der Waals surface area contributed by atoms with E-state index in [0.717, 1.165) is 24.2 Å². The van der Waals surface area contributed by atoms with Gasteiger partial charge in [0, 0.05) is 53.9 Å². The van der Waals surface area contributed by atoms with Crippen LogP contribution in [0, 0.1) is 0 Å². The molecule has 0 bridgehead atoms. The second-order valence-corrected chi connectivity index (χ2v) is 7.21. The Morgan fingerprint density at radius 3 is 2.91 bits per heavy atom. The molecule has 1 saturated heterocycles. The van der Waals surface area contributed by atoms with Crippen LogP contribution in [0.15, 0.2) is 29.1 Å². The first-order chi connectivity index (χ1) is 10.8. The Kier molecular flexibility index (Phi) is 4.47. The van der Waals surface area contributed by atoms with Gasteiger partial charge in [0.25, 0.3) is 0 Å². The van der Waals surface area contributed by atoms with Gasteiger partial charge in [-0.2, -0.15) is 0 Å². The average molecular weight is 336 g/mol. The average Bonchev–Trinajstić information content (AvgIpc) is 2.79. The highest BCUT2D eigenvalue weighted by Gasteiger charge is 2.36. The largest absolute Gasteiger partial charge is 0.387 e. The molecule has 1 atom stereocenters. The summed E-state index contributed by atoms with van der Waals surface area (Å²) >= 11 is 5.95. The van der Waals surface area contributed by atoms with Gasteiger partial charge in [0.1, 0.15) is 0 Å². The fourth-order valence-electron chi connectivity index (χ4n) is 3.39. The fraction of sp³-hybridized carbons (Fsp3) is 0.471. The van der Waals surface area contributed by atoms with Crippen LogP contribution in [-0.2, 0) is 6.54 Å². The van der Waals surface area contributed by atoms with Crippen LogP contribution in [0.25, 0.3) is 10.9 Å². The third-order valence-corrected chi connectivity index (χ3v) is 4.50. The second-order valence-electron chi connectivity index (χ2n) is 6.77. The first-order valence-electron chi connectivity index (χ1n) is 7.76. The minimum atomic E-state index is -0.672. The van der Waals surface area contributed by atoms with E-state index in [4.69, 9.17) is 11.6 Å². The molecule has 2 N–H and O–H groups in total. The highest BCUT2D eigenvalue weighted by Crippen LogP contribution is 2.23. The summed E-state index contributed by atoms with van der Waals surface area (Å²) in [6.45, 7) is 2.72. The lowest BCUT2D eigenvalue weighted by Gasteiger charge is -2.26. The number of nitrogens with zero attached hydrogens (tertiary/aromatic N) is 2. The zero-order valence-corrected chi connectivity index (χ0v) is 14.2. The fourth-order valence-corrected chi connectivity index (χ4v) is 3.57. The molecule has 1 aromatic heterocycles. The highest BCUT2D eigenvalue weighted by molar-refractivity contribution is 6.31. The minimum absolute atomic E-state index is 0.0287. The topological polar surface area (TPSA) is 59.6 Å². The van der Waals surface area contributed by atoms with Crippen LogP contribution in [0.1, 0.15) is 12.1 Å². The number of aromatic amines is 1. The number of β-amino-alcohol motifs (C(OH)–C–C–N with tert-alkyl or cyclic N) is 1. The summed E-state index contributed by atoms with van der Waals surface area (Å²) in [4.78, 5) is 19.7. The molecule has 1 fully saturated rings. The van der Waals surface area contributed by atoms with E-state index in [1.807, 2.05) is 25.1 Å². The van der Waals surface area contributed by atoms with Crippen LogP contribution < -0.4 is 5.43 Å². The van der Waals surface area contributed by atoms with Gasteiger partial charge in [0.05, 0.1) is 5.60 Å². The first kappa shape index (κ1) is 16.5. The number of likely N-dealkylation sites (tertiary alicyclic amines) is 1. The summed E-state index contributed by atoms with van der Waals surface area (Å²) in [5, 5.41) is 11.8. The van der Waals surface area contributed by atoms with E-state index in [9.17, 15) is 9.90 Å². The van der Waals surface area contributed by atoms with Gasteiger partial charge in [-0.15, -0.1) is 0 Å². The molecule has 0 aliphatic carbocycles. The molecule has 1 aliphatic rings. The zero-order chi connectivity index (χ0) is 16.6. The van der Waals surface area contributed by atoms with Crippen molar-refractivity contribution in [3.8, 4) is 0 Å². The number of aliphatic hydroxyl groups is 1. The lowest BCUT2D eigenvalue weighted by molar-refractivity contribution is 0.0239. The standard InChI is InChI=1S/C17H22ClN3O2/c1-20(2)10-17(23)5-6-21(11-17)9-13-8-16(22)14-7-12(18)3-4-15(14)19-13/h3-4,7-8,23H,5-6,9-11H2,1-2H3,(H,19,22)/t17-/m0/s1. The van der Waals surface area contributed by atoms with Crippen LogP contribution in [0.4, 0.5) is 0 Å². The maximum absolute atomic E-state index is 12.2. The number of halogens is 1. The maximum Gasteiger partial charge on any atom is 0.189 e. The number of likely N-dealkylation sites (N-methyl/N-ethyl adjacent to an activating group) is 1. The van der Waals surface area contributed by atoms with Crippen LogP contribution in [0.2, 0.25) is 5.02 Å². The van der Waals surface area contributed by atoms with Gasteiger partial charge in [-0.25, -0.2) is 0 Å². The summed E-state index contributed by atoms with van der Waals surface area (Å²) in [5.41, 5.74) is 0.950. The van der Waals surface area contributed by atoms with Crippen molar-refractivity contribution in [2.24, 2.45) is 0 Å². The predicted octanol–water partition coefficient (Wildman–Crippen LogP) is 1.68. The summed E-state index contributed by atoms with van der Waals surface area (Å²) in [5.74, 6) is 0. The van der Waals surface area contributed by atoms with Gasteiger partial charge < -0.3 is 15.0 Å². The Labute approximate surface area is 140 Å². The Morgan fingerprint density at radius 2 is 2.17 bits per heavy atom. The molecule has 0 unspecified atom stereocenters. The van der Waals surface area contributed by atoms with E-state index in [1.165, 1.54) is 0 Å². The number of pyridine rings is 1. The van der Waals surface area contributed by atoms with Crippen molar-refractivity contribution in [1.29, 1.82) is 0 Å². The normalized spacial score (nSPS) is 22.3. The Hall–Kier alpha value is -1.40. The number of rotatable bonds is 4. The second kappa shape index (κ2) is 6.24. The Morgan fingerprint density at radius 1 is 1.39 bits per heavy atom. The van der Waals surface area contributed by atoms with E-state index >= 15 is 0 Å². The molecule has 1 aromatic carbocycles. The molecule has 2 heterocycles. The number of aromatic nitrogens is 1. The number of H-pyrrole nitrogens is 1. The van der Waals surface area contributed by atoms with Gasteiger partial charge in [-0.1, -0.05) is 11.6 Å². The molecular weight excluding hydrogens is 314 g/mol. The third kappa shape index (κ3) is 3.75. The summed E-state index contributed by atoms with van der Waals surface area (Å²) in [6, 6.07) is 6.91. The minimum Gasteiger partial charge on any atom is -0.387 e. The molecule has 0 radical (unpaired) electrons. The maximum atomic E-state index is 12.2. The number of hydrogen-bond acceptors (Lipinski definition) is 4. The molecule has 0 amide bonds. The van der Waals surface area contributed by atoms with Crippen LogP contribution in [0.3, 0.4) is 0 Å². The molecule has 3 rings (SSSR count). The number of benzene rings is 1. The van der Waals surface area contributed by atoms with E-state index in [-0.39, 0.29) is 5.43 Å². The van der Waals surface area contributed by atoms with Gasteiger partial charge in [-0.05, 0) is 38.7 Å². The van der Waals surface area contributed by atoms with Crippen molar-refractivity contribution in [2.75, 3.05) is 33.7 Å². The Balaban J connectivity index is 1.78. The SMILES string of the molecule is CN(C)C[C@@]1(O)CCN(Cc2cc(=O)c3cc(Cl)ccc3[nH]2)C1. The lowest BCUT2D eigenvalue weighted by atomic mass is 10.0. The van der Waals surface area contributed by atoms with E-state index < -0.39 is 5.60 Å². The smallest absolute Gasteiger partial charge is 0.189 e. The van der Waals surface area contributed by atoms with Crippen molar-refractivity contribution < 1.29 is 5.11 Å². The van der Waals surface area contributed by atoms with Crippen LogP contribution in [0.5, 0.6) is 0 Å². The van der Waals surface area contributed by atoms with E-state index in [1.54, 1.807) is 18.2 Å². The molecule has 0 saturated carbocycles.